The van der Waals surface area contributed by atoms with Crippen LogP contribution in [0.25, 0.3) is 0 Å². The van der Waals surface area contributed by atoms with Gasteiger partial charge in [-0.1, -0.05) is 42.5 Å². The second kappa shape index (κ2) is 10.5. The van der Waals surface area contributed by atoms with E-state index in [1.54, 1.807) is 11.9 Å². The minimum Gasteiger partial charge on any atom is -0.454 e. The van der Waals surface area contributed by atoms with Crippen molar-refractivity contribution in [1.29, 1.82) is 0 Å². The Hall–Kier alpha value is -4.50. The largest absolute Gasteiger partial charge is 0.454 e. The van der Waals surface area contributed by atoms with Gasteiger partial charge in [0.2, 0.25) is 19.5 Å². The highest BCUT2D eigenvalue weighted by Crippen LogP contribution is 2.34. The highest BCUT2D eigenvalue weighted by Gasteiger charge is 2.21. The normalized spacial score (nSPS) is 13.2. The molecule has 1 amide bonds. The lowest BCUT2D eigenvalue weighted by atomic mass is 10.1. The third kappa shape index (κ3) is 5.28. The Balaban J connectivity index is 1.18. The molecule has 0 unspecified atom stereocenters. The molecule has 0 fully saturated rings. The van der Waals surface area contributed by atoms with Crippen LogP contribution in [0, 0.1) is 0 Å². The zero-order valence-electron chi connectivity index (χ0n) is 21.0. The zero-order chi connectivity index (χ0) is 25.9. The number of ether oxygens (including phenoxy) is 4. The number of carbonyl (C=O) groups is 1. The summed E-state index contributed by atoms with van der Waals surface area (Å²) in [4.78, 5) is 21.3. The van der Waals surface area contributed by atoms with Gasteiger partial charge in [-0.3, -0.25) is 9.69 Å². The van der Waals surface area contributed by atoms with Gasteiger partial charge in [0.05, 0.1) is 6.54 Å². The fourth-order valence-electron chi connectivity index (χ4n) is 4.56. The molecule has 38 heavy (non-hydrogen) atoms. The zero-order valence-corrected chi connectivity index (χ0v) is 21.0. The number of amides is 1. The van der Waals surface area contributed by atoms with E-state index < -0.39 is 0 Å². The molecule has 2 aliphatic heterocycles. The van der Waals surface area contributed by atoms with Crippen molar-refractivity contribution in [3.05, 3.63) is 101 Å². The van der Waals surface area contributed by atoms with E-state index in [0.717, 1.165) is 39.7 Å². The van der Waals surface area contributed by atoms with Gasteiger partial charge in [0, 0.05) is 26.7 Å². The second-order valence-electron chi connectivity index (χ2n) is 9.29. The summed E-state index contributed by atoms with van der Waals surface area (Å²) in [5.41, 5.74) is 3.44. The molecule has 0 saturated carbocycles. The minimum absolute atomic E-state index is 0.193. The predicted molar refractivity (Wildman–Crippen MR) is 137 cm³/mol. The maximum Gasteiger partial charge on any atom is 0.275 e. The third-order valence-electron chi connectivity index (χ3n) is 6.43. The lowest BCUT2D eigenvalue weighted by Gasteiger charge is -2.21. The van der Waals surface area contributed by atoms with Gasteiger partial charge in [-0.25, -0.2) is 4.98 Å². The molecule has 0 N–H and O–H groups in total. The van der Waals surface area contributed by atoms with Crippen molar-refractivity contribution in [2.45, 2.75) is 26.2 Å². The molecule has 3 aromatic carbocycles. The molecular formula is C29H27N3O6. The number of hydrogen-bond acceptors (Lipinski definition) is 8. The SMILES string of the molecule is CN(Cc1ccccc1)C(=O)c1coc(CN(Cc2ccc3c(c2)OCO3)Cc2ccc3c(c2)OCO3)n1. The number of nitrogens with zero attached hydrogens (tertiary/aromatic N) is 3. The fourth-order valence-corrected chi connectivity index (χ4v) is 4.56. The monoisotopic (exact) mass is 513 g/mol. The van der Waals surface area contributed by atoms with E-state index in [1.807, 2.05) is 66.7 Å². The molecule has 0 saturated heterocycles. The number of rotatable bonds is 9. The Bertz CT molecular complexity index is 1380. The van der Waals surface area contributed by atoms with Crippen LogP contribution < -0.4 is 18.9 Å². The van der Waals surface area contributed by atoms with Crippen LogP contribution in [0.3, 0.4) is 0 Å². The van der Waals surface area contributed by atoms with Crippen LogP contribution >= 0.6 is 0 Å². The molecule has 0 aliphatic carbocycles. The molecule has 3 heterocycles. The molecule has 0 atom stereocenters. The topological polar surface area (TPSA) is 86.5 Å². The van der Waals surface area contributed by atoms with Crippen LogP contribution in [0.5, 0.6) is 23.0 Å². The van der Waals surface area contributed by atoms with E-state index >= 15 is 0 Å². The summed E-state index contributed by atoms with van der Waals surface area (Å²) in [7, 11) is 1.76. The molecule has 0 spiro atoms. The summed E-state index contributed by atoms with van der Waals surface area (Å²) in [6, 6.07) is 21.7. The Kier molecular flexibility index (Phi) is 6.58. The Morgan fingerprint density at radius 1 is 0.737 bits per heavy atom. The molecule has 0 radical (unpaired) electrons. The molecule has 9 nitrogen and oxygen atoms in total. The van der Waals surface area contributed by atoms with Crippen molar-refractivity contribution < 1.29 is 28.2 Å². The van der Waals surface area contributed by atoms with Crippen LogP contribution in [-0.2, 0) is 26.2 Å². The first-order chi connectivity index (χ1) is 18.6. The first-order valence-electron chi connectivity index (χ1n) is 12.3. The van der Waals surface area contributed by atoms with Crippen molar-refractivity contribution >= 4 is 5.91 Å². The quantitative estimate of drug-likeness (QED) is 0.321. The van der Waals surface area contributed by atoms with Crippen molar-refractivity contribution in [3.63, 3.8) is 0 Å². The lowest BCUT2D eigenvalue weighted by molar-refractivity contribution is 0.0779. The first-order valence-corrected chi connectivity index (χ1v) is 12.3. The number of carbonyl (C=O) groups excluding carboxylic acids is 1. The van der Waals surface area contributed by atoms with E-state index in [2.05, 4.69) is 9.88 Å². The Labute approximate surface area is 220 Å². The summed E-state index contributed by atoms with van der Waals surface area (Å²) in [5, 5.41) is 0. The lowest BCUT2D eigenvalue weighted by Crippen LogP contribution is -2.26. The molecule has 194 valence electrons. The van der Waals surface area contributed by atoms with Gasteiger partial charge in [0.1, 0.15) is 6.26 Å². The highest BCUT2D eigenvalue weighted by atomic mass is 16.7. The van der Waals surface area contributed by atoms with Gasteiger partial charge in [-0.05, 0) is 41.0 Å². The van der Waals surface area contributed by atoms with E-state index in [-0.39, 0.29) is 25.2 Å². The average molecular weight is 514 g/mol. The Morgan fingerprint density at radius 3 is 1.97 bits per heavy atom. The van der Waals surface area contributed by atoms with Crippen LogP contribution in [-0.4, -0.2) is 41.3 Å². The van der Waals surface area contributed by atoms with Crippen molar-refractivity contribution in [3.8, 4) is 23.0 Å². The summed E-state index contributed by atoms with van der Waals surface area (Å²) in [5.74, 6) is 3.22. The predicted octanol–water partition coefficient (Wildman–Crippen LogP) is 4.61. The van der Waals surface area contributed by atoms with Crippen molar-refractivity contribution in [2.75, 3.05) is 20.6 Å². The first kappa shape index (κ1) is 23.9. The maximum atomic E-state index is 13.0. The number of hydrogen-bond donors (Lipinski definition) is 0. The fraction of sp³-hybridized carbons (Fsp3) is 0.241. The smallest absolute Gasteiger partial charge is 0.275 e. The van der Waals surface area contributed by atoms with Gasteiger partial charge in [0.25, 0.3) is 5.91 Å². The average Bonchev–Trinajstić information content (AvgIpc) is 3.69. The van der Waals surface area contributed by atoms with E-state index in [0.29, 0.717) is 32.1 Å². The van der Waals surface area contributed by atoms with Crippen molar-refractivity contribution in [1.82, 2.24) is 14.8 Å². The molecule has 0 bridgehead atoms. The number of aromatic nitrogens is 1. The van der Waals surface area contributed by atoms with Gasteiger partial charge >= 0.3 is 0 Å². The molecule has 2 aliphatic rings. The minimum atomic E-state index is -0.193. The number of oxazole rings is 1. The van der Waals surface area contributed by atoms with Gasteiger partial charge < -0.3 is 28.3 Å². The van der Waals surface area contributed by atoms with Crippen LogP contribution in [0.15, 0.2) is 77.4 Å². The second-order valence-corrected chi connectivity index (χ2v) is 9.29. The number of benzene rings is 3. The summed E-state index contributed by atoms with van der Waals surface area (Å²) >= 11 is 0. The Morgan fingerprint density at radius 2 is 1.34 bits per heavy atom. The third-order valence-corrected chi connectivity index (χ3v) is 6.43. The molecule has 4 aromatic rings. The molecule has 1 aromatic heterocycles. The maximum absolute atomic E-state index is 13.0. The van der Waals surface area contributed by atoms with Crippen LogP contribution in [0.4, 0.5) is 0 Å². The molecule has 9 heteroatoms. The van der Waals surface area contributed by atoms with Crippen molar-refractivity contribution in [2.24, 2.45) is 0 Å². The van der Waals surface area contributed by atoms with Gasteiger partial charge in [-0.2, -0.15) is 0 Å². The standard InChI is InChI=1S/C29H27N3O6/c1-31(13-20-5-3-2-4-6-20)29(33)23-17-34-28(30-23)16-32(14-21-7-9-24-26(11-21)37-18-35-24)15-22-8-10-25-27(12-22)38-19-36-25/h2-12,17H,13-16,18-19H2,1H3. The summed E-state index contributed by atoms with van der Waals surface area (Å²) in [6.07, 6.45) is 1.43. The highest BCUT2D eigenvalue weighted by molar-refractivity contribution is 5.91. The summed E-state index contributed by atoms with van der Waals surface area (Å²) < 4.78 is 27.8. The molecular weight excluding hydrogens is 486 g/mol. The number of fused-ring (bicyclic) bond motifs is 2. The van der Waals surface area contributed by atoms with Gasteiger partial charge in [0.15, 0.2) is 28.7 Å². The van der Waals surface area contributed by atoms with E-state index in [9.17, 15) is 4.79 Å². The summed E-state index contributed by atoms with van der Waals surface area (Å²) in [6.45, 7) is 2.55. The van der Waals surface area contributed by atoms with Crippen LogP contribution in [0.2, 0.25) is 0 Å². The van der Waals surface area contributed by atoms with Crippen LogP contribution in [0.1, 0.15) is 33.1 Å². The van der Waals surface area contributed by atoms with E-state index in [1.165, 1.54) is 6.26 Å². The van der Waals surface area contributed by atoms with E-state index in [4.69, 9.17) is 23.4 Å². The molecule has 6 rings (SSSR count). The van der Waals surface area contributed by atoms with Gasteiger partial charge in [-0.15, -0.1) is 0 Å².